The summed E-state index contributed by atoms with van der Waals surface area (Å²) in [6.45, 7) is 0. The van der Waals surface area contributed by atoms with Crippen molar-refractivity contribution in [2.24, 2.45) is 0 Å². The molecule has 0 atom stereocenters. The van der Waals surface area contributed by atoms with Gasteiger partial charge in [0.15, 0.2) is 5.60 Å². The highest BCUT2D eigenvalue weighted by atomic mass is 16.7. The lowest BCUT2D eigenvalue weighted by atomic mass is 9.75. The van der Waals surface area contributed by atoms with Crippen LogP contribution in [0.15, 0.2) is 91.0 Å². The van der Waals surface area contributed by atoms with Crippen molar-refractivity contribution in [1.82, 2.24) is 0 Å². The summed E-state index contributed by atoms with van der Waals surface area (Å²) in [6, 6.07) is 30.0. The molecule has 0 bridgehead atoms. The Hall–Kier alpha value is -2.46. The molecule has 0 aromatic heterocycles. The molecule has 0 N–H and O–H groups in total. The second-order valence-corrected chi connectivity index (χ2v) is 6.01. The van der Waals surface area contributed by atoms with Crippen LogP contribution in [0.4, 0.5) is 0 Å². The fourth-order valence-corrected chi connectivity index (χ4v) is 3.73. The molecule has 3 nitrogen and oxygen atoms in total. The standard InChI is InChI=1S/C23H24O3/c1-24-22(19-13-7-4-8-14-19,20-15-9-5-10-16-20)23(25-2,26-3)21-17-11-6-12-18-21/h4-18H,1-3H3. The lowest BCUT2D eigenvalue weighted by Crippen LogP contribution is -2.54. The number of benzene rings is 3. The van der Waals surface area contributed by atoms with Crippen LogP contribution >= 0.6 is 0 Å². The minimum absolute atomic E-state index is 0.875. The molecule has 0 aliphatic rings. The van der Waals surface area contributed by atoms with Crippen molar-refractivity contribution < 1.29 is 14.2 Å². The predicted molar refractivity (Wildman–Crippen MR) is 103 cm³/mol. The first-order valence-electron chi connectivity index (χ1n) is 8.57. The van der Waals surface area contributed by atoms with Crippen molar-refractivity contribution in [3.05, 3.63) is 108 Å². The Bertz CT molecular complexity index is 757. The van der Waals surface area contributed by atoms with Crippen LogP contribution in [0, 0.1) is 0 Å². The zero-order valence-corrected chi connectivity index (χ0v) is 15.4. The molecule has 3 heteroatoms. The van der Waals surface area contributed by atoms with Crippen LogP contribution in [0.3, 0.4) is 0 Å². The van der Waals surface area contributed by atoms with Gasteiger partial charge in [-0.05, 0) is 11.1 Å². The van der Waals surface area contributed by atoms with Gasteiger partial charge in [-0.1, -0.05) is 91.0 Å². The first-order valence-corrected chi connectivity index (χ1v) is 8.57. The van der Waals surface area contributed by atoms with E-state index in [1.807, 2.05) is 91.0 Å². The third kappa shape index (κ3) is 2.74. The number of ether oxygens (including phenoxy) is 3. The van der Waals surface area contributed by atoms with Crippen LogP contribution in [-0.2, 0) is 25.6 Å². The van der Waals surface area contributed by atoms with E-state index in [1.165, 1.54) is 0 Å². The molecule has 3 rings (SSSR count). The van der Waals surface area contributed by atoms with Gasteiger partial charge in [-0.15, -0.1) is 0 Å². The molecule has 0 amide bonds. The van der Waals surface area contributed by atoms with Crippen molar-refractivity contribution in [2.45, 2.75) is 11.4 Å². The summed E-state index contributed by atoms with van der Waals surface area (Å²) < 4.78 is 18.4. The maximum absolute atomic E-state index is 6.26. The van der Waals surface area contributed by atoms with E-state index in [9.17, 15) is 0 Å². The fraction of sp³-hybridized carbons (Fsp3) is 0.217. The Balaban J connectivity index is 2.39. The van der Waals surface area contributed by atoms with Gasteiger partial charge in [0.05, 0.1) is 0 Å². The first kappa shape index (κ1) is 18.3. The summed E-state index contributed by atoms with van der Waals surface area (Å²) in [6.07, 6.45) is 0. The van der Waals surface area contributed by atoms with Crippen LogP contribution in [-0.4, -0.2) is 21.3 Å². The van der Waals surface area contributed by atoms with E-state index in [0.29, 0.717) is 0 Å². The highest BCUT2D eigenvalue weighted by Crippen LogP contribution is 2.50. The fourth-order valence-electron chi connectivity index (χ4n) is 3.73. The van der Waals surface area contributed by atoms with Crippen LogP contribution in [0.5, 0.6) is 0 Å². The minimum atomic E-state index is -1.17. The average molecular weight is 348 g/mol. The van der Waals surface area contributed by atoms with Crippen LogP contribution in [0.2, 0.25) is 0 Å². The summed E-state index contributed by atoms with van der Waals surface area (Å²) in [5.41, 5.74) is 1.77. The van der Waals surface area contributed by atoms with Gasteiger partial charge in [0.25, 0.3) is 0 Å². The molecule has 0 saturated heterocycles. The lowest BCUT2D eigenvalue weighted by Gasteiger charge is -2.48. The quantitative estimate of drug-likeness (QED) is 0.578. The maximum Gasteiger partial charge on any atom is 0.233 e. The molecule has 0 aliphatic carbocycles. The molecule has 0 heterocycles. The highest BCUT2D eigenvalue weighted by Gasteiger charge is 2.57. The Kier molecular flexibility index (Phi) is 5.52. The van der Waals surface area contributed by atoms with Gasteiger partial charge >= 0.3 is 0 Å². The van der Waals surface area contributed by atoms with E-state index in [0.717, 1.165) is 16.7 Å². The predicted octanol–water partition coefficient (Wildman–Crippen LogP) is 4.72. The molecule has 0 unspecified atom stereocenters. The van der Waals surface area contributed by atoms with Crippen molar-refractivity contribution in [2.75, 3.05) is 21.3 Å². The van der Waals surface area contributed by atoms with Crippen molar-refractivity contribution >= 4 is 0 Å². The Labute approximate surface area is 155 Å². The number of hydrogen-bond acceptors (Lipinski definition) is 3. The van der Waals surface area contributed by atoms with Gasteiger partial charge in [-0.25, -0.2) is 0 Å². The smallest absolute Gasteiger partial charge is 0.233 e. The summed E-state index contributed by atoms with van der Waals surface area (Å²) >= 11 is 0. The van der Waals surface area contributed by atoms with Crippen LogP contribution < -0.4 is 0 Å². The zero-order valence-electron chi connectivity index (χ0n) is 15.4. The Morgan fingerprint density at radius 2 is 0.808 bits per heavy atom. The van der Waals surface area contributed by atoms with E-state index in [1.54, 1.807) is 21.3 Å². The number of hydrogen-bond donors (Lipinski definition) is 0. The van der Waals surface area contributed by atoms with Gasteiger partial charge in [0.1, 0.15) is 0 Å². The first-order chi connectivity index (χ1) is 12.7. The SMILES string of the molecule is COC(OC)(c1ccccc1)C(OC)(c1ccccc1)c1ccccc1. The molecular weight excluding hydrogens is 324 g/mol. The molecule has 3 aromatic carbocycles. The van der Waals surface area contributed by atoms with Crippen molar-refractivity contribution in [3.8, 4) is 0 Å². The van der Waals surface area contributed by atoms with Crippen molar-refractivity contribution in [1.29, 1.82) is 0 Å². The molecule has 0 radical (unpaired) electrons. The second-order valence-electron chi connectivity index (χ2n) is 6.01. The lowest BCUT2D eigenvalue weighted by molar-refractivity contribution is -0.311. The van der Waals surface area contributed by atoms with Crippen LogP contribution in [0.25, 0.3) is 0 Å². The van der Waals surface area contributed by atoms with Crippen molar-refractivity contribution in [3.63, 3.8) is 0 Å². The van der Waals surface area contributed by atoms with Gasteiger partial charge in [-0.2, -0.15) is 0 Å². The topological polar surface area (TPSA) is 27.7 Å². The number of rotatable bonds is 7. The summed E-state index contributed by atoms with van der Waals surface area (Å²) in [7, 11) is 4.99. The molecule has 0 aliphatic heterocycles. The van der Waals surface area contributed by atoms with Crippen LogP contribution in [0.1, 0.15) is 16.7 Å². The largest absolute Gasteiger partial charge is 0.363 e. The molecule has 0 saturated carbocycles. The summed E-state index contributed by atoms with van der Waals surface area (Å²) in [5, 5.41) is 0. The number of methoxy groups -OCH3 is 3. The molecule has 0 spiro atoms. The highest BCUT2D eigenvalue weighted by molar-refractivity contribution is 5.43. The third-order valence-corrected chi connectivity index (χ3v) is 4.86. The van der Waals surface area contributed by atoms with Gasteiger partial charge in [0.2, 0.25) is 5.79 Å². The zero-order chi connectivity index (χ0) is 18.5. The van der Waals surface area contributed by atoms with E-state index in [-0.39, 0.29) is 0 Å². The molecule has 0 fully saturated rings. The van der Waals surface area contributed by atoms with E-state index in [2.05, 4.69) is 0 Å². The normalized spacial score (nSPS) is 12.1. The Morgan fingerprint density at radius 3 is 1.12 bits per heavy atom. The molecule has 26 heavy (non-hydrogen) atoms. The Morgan fingerprint density at radius 1 is 0.462 bits per heavy atom. The van der Waals surface area contributed by atoms with E-state index < -0.39 is 11.4 Å². The molecule has 3 aromatic rings. The van der Waals surface area contributed by atoms with E-state index in [4.69, 9.17) is 14.2 Å². The summed E-state index contributed by atoms with van der Waals surface area (Å²) in [4.78, 5) is 0. The average Bonchev–Trinajstić information content (AvgIpc) is 2.74. The van der Waals surface area contributed by atoms with E-state index >= 15 is 0 Å². The monoisotopic (exact) mass is 348 g/mol. The van der Waals surface area contributed by atoms with Gasteiger partial charge in [-0.3, -0.25) is 0 Å². The van der Waals surface area contributed by atoms with Gasteiger partial charge < -0.3 is 14.2 Å². The third-order valence-electron chi connectivity index (χ3n) is 4.86. The minimum Gasteiger partial charge on any atom is -0.363 e. The molecular formula is C23H24O3. The summed E-state index contributed by atoms with van der Waals surface area (Å²) in [5.74, 6) is -1.17. The maximum atomic E-state index is 6.26. The second kappa shape index (κ2) is 7.83. The van der Waals surface area contributed by atoms with Gasteiger partial charge in [0, 0.05) is 26.9 Å². The molecule has 134 valence electrons.